The van der Waals surface area contributed by atoms with Crippen molar-refractivity contribution in [2.24, 2.45) is 0 Å². The molecule has 0 aromatic rings. The lowest BCUT2D eigenvalue weighted by Crippen LogP contribution is -2.56. The molecule has 1 unspecified atom stereocenters. The van der Waals surface area contributed by atoms with Crippen LogP contribution in [0.2, 0.25) is 0 Å². The van der Waals surface area contributed by atoms with Crippen molar-refractivity contribution in [2.75, 3.05) is 39.4 Å². The van der Waals surface area contributed by atoms with Crippen LogP contribution in [0.25, 0.3) is 0 Å². The van der Waals surface area contributed by atoms with E-state index in [1.54, 1.807) is 0 Å². The van der Waals surface area contributed by atoms with Gasteiger partial charge in [-0.15, -0.1) is 0 Å². The average Bonchev–Trinajstić information content (AvgIpc) is 3.41. The minimum atomic E-state index is -0.741. The van der Waals surface area contributed by atoms with Gasteiger partial charge in [0.1, 0.15) is 24.4 Å². The number of ether oxygens (including phenoxy) is 6. The molecule has 0 aliphatic carbocycles. The molecule has 0 bridgehead atoms. The van der Waals surface area contributed by atoms with E-state index in [0.29, 0.717) is 6.54 Å². The normalized spacial score (nSPS) is 29.0. The molecule has 3 fully saturated rings. The molecule has 0 aromatic carbocycles. The predicted octanol–water partition coefficient (Wildman–Crippen LogP) is 5.03. The van der Waals surface area contributed by atoms with Crippen molar-refractivity contribution < 1.29 is 33.5 Å². The first kappa shape index (κ1) is 35.1. The monoisotopic (exact) mass is 586 g/mol. The highest BCUT2D eigenvalue weighted by atomic mass is 16.9. The highest BCUT2D eigenvalue weighted by Gasteiger charge is 2.60. The Hall–Kier alpha value is -0.360. The Balaban J connectivity index is 1.12. The Bertz CT molecular complexity index is 695. The largest absolute Gasteiger partial charge is 0.389 e. The van der Waals surface area contributed by atoms with Gasteiger partial charge in [0.05, 0.1) is 19.3 Å². The van der Waals surface area contributed by atoms with E-state index in [-0.39, 0.29) is 37.6 Å². The van der Waals surface area contributed by atoms with Crippen molar-refractivity contribution in [1.82, 2.24) is 10.6 Å². The molecule has 3 N–H and O–H groups in total. The van der Waals surface area contributed by atoms with Crippen molar-refractivity contribution in [2.45, 2.75) is 166 Å². The maximum Gasteiger partial charge on any atom is 0.190 e. The van der Waals surface area contributed by atoms with E-state index in [9.17, 15) is 5.11 Å². The lowest BCUT2D eigenvalue weighted by Gasteiger charge is -2.37. The lowest BCUT2D eigenvalue weighted by atomic mass is 9.99. The minimum absolute atomic E-state index is 0.225. The van der Waals surface area contributed by atoms with E-state index >= 15 is 0 Å². The van der Waals surface area contributed by atoms with Gasteiger partial charge >= 0.3 is 0 Å². The highest BCUT2D eigenvalue weighted by Crippen LogP contribution is 2.44. The summed E-state index contributed by atoms with van der Waals surface area (Å²) < 4.78 is 36.2. The Kier molecular flexibility index (Phi) is 15.8. The molecule has 3 rings (SSSR count). The molecule has 41 heavy (non-hydrogen) atoms. The summed E-state index contributed by atoms with van der Waals surface area (Å²) in [6.07, 6.45) is 15.2. The van der Waals surface area contributed by atoms with Crippen molar-refractivity contribution in [1.29, 1.82) is 0 Å². The molecule has 3 saturated heterocycles. The van der Waals surface area contributed by atoms with Gasteiger partial charge in [-0.3, -0.25) is 0 Å². The molecule has 0 aromatic heterocycles. The quantitative estimate of drug-likeness (QED) is 0.142. The van der Waals surface area contributed by atoms with Crippen LogP contribution >= 0.6 is 0 Å². The maximum absolute atomic E-state index is 10.4. The Labute approximate surface area is 250 Å². The summed E-state index contributed by atoms with van der Waals surface area (Å²) >= 11 is 0. The summed E-state index contributed by atoms with van der Waals surface area (Å²) in [5.74, 6) is -1.47. The van der Waals surface area contributed by atoms with Crippen molar-refractivity contribution in [3.8, 4) is 0 Å². The number of nitrogens with one attached hydrogen (secondary N) is 2. The summed E-state index contributed by atoms with van der Waals surface area (Å²) in [6, 6.07) is 0. The molecule has 3 aliphatic rings. The van der Waals surface area contributed by atoms with E-state index < -0.39 is 24.0 Å². The molecular weight excluding hydrogens is 524 g/mol. The van der Waals surface area contributed by atoms with E-state index in [0.717, 1.165) is 26.1 Å². The molecule has 242 valence electrons. The van der Waals surface area contributed by atoms with Gasteiger partial charge in [-0.05, 0) is 60.2 Å². The second-order valence-corrected chi connectivity index (χ2v) is 13.1. The van der Waals surface area contributed by atoms with Gasteiger partial charge in [0.15, 0.2) is 17.9 Å². The fraction of sp³-hybridized carbons (Fsp3) is 1.00. The van der Waals surface area contributed by atoms with Gasteiger partial charge in [-0.2, -0.15) is 0 Å². The molecule has 9 heteroatoms. The fourth-order valence-corrected chi connectivity index (χ4v) is 6.03. The first-order valence-electron chi connectivity index (χ1n) is 16.7. The van der Waals surface area contributed by atoms with E-state index in [2.05, 4.69) is 17.6 Å². The number of hydrogen-bond donors (Lipinski definition) is 3. The Morgan fingerprint density at radius 2 is 1.20 bits per heavy atom. The Morgan fingerprint density at radius 3 is 1.88 bits per heavy atom. The molecule has 3 heterocycles. The molecule has 0 radical (unpaired) electrons. The van der Waals surface area contributed by atoms with Crippen LogP contribution in [-0.2, 0) is 28.4 Å². The van der Waals surface area contributed by atoms with Gasteiger partial charge in [-0.25, -0.2) is 0 Å². The van der Waals surface area contributed by atoms with E-state index in [4.69, 9.17) is 28.4 Å². The van der Waals surface area contributed by atoms with Gasteiger partial charge < -0.3 is 44.2 Å². The molecule has 0 amide bonds. The van der Waals surface area contributed by atoms with Crippen LogP contribution in [0.1, 0.15) is 118 Å². The number of aliphatic hydroxyl groups is 1. The third kappa shape index (κ3) is 13.0. The summed E-state index contributed by atoms with van der Waals surface area (Å²) in [4.78, 5) is 0. The van der Waals surface area contributed by atoms with Crippen molar-refractivity contribution in [3.05, 3.63) is 0 Å². The molecule has 9 nitrogen and oxygen atoms in total. The summed E-state index contributed by atoms with van der Waals surface area (Å²) in [7, 11) is 0. The number of rotatable bonds is 23. The van der Waals surface area contributed by atoms with Gasteiger partial charge in [0.25, 0.3) is 0 Å². The van der Waals surface area contributed by atoms with Crippen LogP contribution in [0, 0.1) is 0 Å². The number of unbranched alkanes of at least 4 members (excludes halogenated alkanes) is 11. The van der Waals surface area contributed by atoms with Crippen LogP contribution in [-0.4, -0.2) is 92.9 Å². The minimum Gasteiger partial charge on any atom is -0.389 e. The fourth-order valence-electron chi connectivity index (χ4n) is 6.03. The van der Waals surface area contributed by atoms with E-state index in [1.807, 2.05) is 27.7 Å². The number of fused-ring (bicyclic) bond motifs is 3. The van der Waals surface area contributed by atoms with Gasteiger partial charge in [0, 0.05) is 6.54 Å². The zero-order valence-corrected chi connectivity index (χ0v) is 26.8. The van der Waals surface area contributed by atoms with Crippen LogP contribution < -0.4 is 10.6 Å². The lowest BCUT2D eigenvalue weighted by molar-refractivity contribution is -0.243. The van der Waals surface area contributed by atoms with Crippen LogP contribution in [0.3, 0.4) is 0 Å². The second-order valence-electron chi connectivity index (χ2n) is 13.1. The van der Waals surface area contributed by atoms with Gasteiger partial charge in [-0.1, -0.05) is 77.6 Å². The van der Waals surface area contributed by atoms with Crippen LogP contribution in [0.5, 0.6) is 0 Å². The van der Waals surface area contributed by atoms with Crippen LogP contribution in [0.15, 0.2) is 0 Å². The summed E-state index contributed by atoms with van der Waals surface area (Å²) in [5.41, 5.74) is 0. The Morgan fingerprint density at radius 1 is 0.659 bits per heavy atom. The van der Waals surface area contributed by atoms with Crippen molar-refractivity contribution in [3.63, 3.8) is 0 Å². The SMILES string of the molecule is CCCCCCCCCCCCCCNCCCNCC(O)COC[C@H]1O[C@@H]2OC(C)(C)O[C@@H]2[C@H]2OC(C)(C)O[C@H]21. The molecule has 0 saturated carbocycles. The molecule has 3 aliphatic heterocycles. The average molecular weight is 587 g/mol. The molecule has 6 atom stereocenters. The zero-order chi connectivity index (χ0) is 29.6. The predicted molar refractivity (Wildman–Crippen MR) is 161 cm³/mol. The topological polar surface area (TPSA) is 99.7 Å². The van der Waals surface area contributed by atoms with Crippen molar-refractivity contribution >= 4 is 0 Å². The molecule has 0 spiro atoms. The van der Waals surface area contributed by atoms with E-state index in [1.165, 1.54) is 77.0 Å². The highest BCUT2D eigenvalue weighted by molar-refractivity contribution is 5.00. The smallest absolute Gasteiger partial charge is 0.190 e. The third-order valence-corrected chi connectivity index (χ3v) is 8.14. The summed E-state index contributed by atoms with van der Waals surface area (Å²) in [5, 5.41) is 17.2. The summed E-state index contributed by atoms with van der Waals surface area (Å²) in [6.45, 7) is 13.8. The second kappa shape index (κ2) is 18.4. The first-order chi connectivity index (χ1) is 19.7. The molecular formula is C32H62N2O7. The first-order valence-corrected chi connectivity index (χ1v) is 16.7. The number of aliphatic hydroxyl groups excluding tert-OH is 1. The standard InChI is InChI=1S/C32H62N2O7/c1-6-7-8-9-10-11-12-13-14-15-16-17-19-33-20-18-21-34-22-25(35)23-36-24-26-27-28(39-31(2,3)38-27)29-30(37-26)41-32(4,5)40-29/h25-30,33-35H,6-24H2,1-5H3/t25?,26-,27+,28+,29-,30-/m1/s1. The number of hydrogen-bond acceptors (Lipinski definition) is 9. The van der Waals surface area contributed by atoms with Gasteiger partial charge in [0.2, 0.25) is 0 Å². The maximum atomic E-state index is 10.4. The zero-order valence-electron chi connectivity index (χ0n) is 26.8. The van der Waals surface area contributed by atoms with Crippen LogP contribution in [0.4, 0.5) is 0 Å². The third-order valence-electron chi connectivity index (χ3n) is 8.14.